The molecular formula is C38H30As2N2Na2O10S2. The van der Waals surface area contributed by atoms with Crippen LogP contribution in [0, 0.1) is 0 Å². The normalized spacial score (nSPS) is 15.7. The van der Waals surface area contributed by atoms with Crippen LogP contribution in [0.15, 0.2) is 107 Å². The number of hydrogen-bond acceptors (Lipinski definition) is 12. The Morgan fingerprint density at radius 1 is 0.554 bits per heavy atom. The molecule has 0 saturated carbocycles. The number of ether oxygens (including phenoxy) is 2. The zero-order valence-electron chi connectivity index (χ0n) is 30.0. The second kappa shape index (κ2) is 22.8. The molecule has 12 nitrogen and oxygen atoms in total. The van der Waals surface area contributed by atoms with Crippen LogP contribution >= 0.6 is 23.5 Å². The molecule has 4 amide bonds. The Bertz CT molecular complexity index is 1980. The van der Waals surface area contributed by atoms with Gasteiger partial charge in [-0.25, -0.2) is 0 Å². The topological polar surface area (TPSA) is 191 Å². The summed E-state index contributed by atoms with van der Waals surface area (Å²) < 4.78 is 10.6. The van der Waals surface area contributed by atoms with Crippen LogP contribution in [0.4, 0.5) is 9.59 Å². The van der Waals surface area contributed by atoms with E-state index in [0.29, 0.717) is 45.6 Å². The number of carboxylic acid groups (broad SMARTS) is 2. The Kier molecular flexibility index (Phi) is 19.3. The molecule has 0 spiro atoms. The van der Waals surface area contributed by atoms with Gasteiger partial charge in [0, 0.05) is 0 Å². The van der Waals surface area contributed by atoms with Crippen LogP contribution in [-0.4, -0.2) is 67.9 Å². The molecule has 2 aliphatic rings. The molecule has 6 rings (SSSR count). The minimum Gasteiger partial charge on any atom is -0.0224 e. The molecule has 0 aromatic heterocycles. The van der Waals surface area contributed by atoms with Gasteiger partial charge in [-0.1, -0.05) is 0 Å². The largest absolute Gasteiger partial charge is 1.00 e. The van der Waals surface area contributed by atoms with Gasteiger partial charge in [-0.05, 0) is 23.5 Å². The van der Waals surface area contributed by atoms with Crippen molar-refractivity contribution in [3.63, 3.8) is 0 Å². The van der Waals surface area contributed by atoms with E-state index < -0.39 is 21.3 Å². The minimum absolute atomic E-state index is 0. The molecule has 0 bridgehead atoms. The van der Waals surface area contributed by atoms with E-state index in [9.17, 15) is 39.0 Å². The monoisotopic (exact) mass is 934 g/mol. The number of imide groups is 2. The maximum absolute atomic E-state index is 11.5. The van der Waals surface area contributed by atoms with Crippen molar-refractivity contribution in [3.8, 4) is 23.0 Å². The summed E-state index contributed by atoms with van der Waals surface area (Å²) in [6.07, 6.45) is 4.15. The molecule has 4 aromatic rings. The fourth-order valence-corrected chi connectivity index (χ4v) is 7.25. The van der Waals surface area contributed by atoms with Gasteiger partial charge in [0.05, 0.1) is 9.81 Å². The third-order valence-corrected chi connectivity index (χ3v) is 11.2. The number of carboxylic acids is 2. The van der Waals surface area contributed by atoms with Crippen molar-refractivity contribution in [2.45, 2.75) is 22.3 Å². The maximum atomic E-state index is 11.5. The standard InChI is InChI=1S/2C19H16AsNO5S.2Na/c2*20-15(18(23)24)9-11-1-5-13(6-2-11)26-14-7-3-12(4-8-14)10-16-17(22)21-19(25)27-16;;/h2*1-8,10,15H,9,20H2,(H,23,24)(H,21,22,25);;/q;;2*+1/p-2/b2*16-10+;;/t2*15-;;/m00../s1. The molecule has 2 heterocycles. The van der Waals surface area contributed by atoms with E-state index in [-0.39, 0.29) is 81.4 Å². The maximum Gasteiger partial charge on any atom is 1.00 e. The first kappa shape index (κ1) is 47.4. The molecule has 4 atom stereocenters. The smallest absolute Gasteiger partial charge is 0.0224 e. The summed E-state index contributed by atoms with van der Waals surface area (Å²) >= 11 is 4.01. The predicted molar refractivity (Wildman–Crippen MR) is 206 cm³/mol. The van der Waals surface area contributed by atoms with Crippen molar-refractivity contribution in [1.82, 2.24) is 10.6 Å². The molecule has 2 aliphatic heterocycles. The number of thioether (sulfide) groups is 2. The van der Waals surface area contributed by atoms with E-state index in [0.717, 1.165) is 79.5 Å². The number of hydrogen-bond donors (Lipinski definition) is 2. The van der Waals surface area contributed by atoms with Crippen LogP contribution in [-0.2, 0) is 32.0 Å². The molecule has 56 heavy (non-hydrogen) atoms. The van der Waals surface area contributed by atoms with Gasteiger partial charge in [0.1, 0.15) is 0 Å². The van der Waals surface area contributed by atoms with Crippen molar-refractivity contribution in [1.29, 1.82) is 0 Å². The summed E-state index contributed by atoms with van der Waals surface area (Å²) in [5.74, 6) is -0.349. The Morgan fingerprint density at radius 2 is 0.839 bits per heavy atom. The first-order valence-electron chi connectivity index (χ1n) is 16.0. The van der Waals surface area contributed by atoms with Crippen molar-refractivity contribution in [2.75, 3.05) is 0 Å². The van der Waals surface area contributed by atoms with Gasteiger partial charge >= 0.3 is 311 Å². The van der Waals surface area contributed by atoms with Gasteiger partial charge in [0.25, 0.3) is 22.3 Å². The third kappa shape index (κ3) is 14.7. The zero-order chi connectivity index (χ0) is 38.8. The molecule has 276 valence electrons. The van der Waals surface area contributed by atoms with Gasteiger partial charge in [0.15, 0.2) is 0 Å². The predicted octanol–water partition coefficient (Wildman–Crippen LogP) is -2.96. The number of aliphatic carboxylic acids is 2. The van der Waals surface area contributed by atoms with Crippen molar-refractivity contribution >= 4 is 104 Å². The summed E-state index contributed by atoms with van der Waals surface area (Å²) in [5, 5.41) is 25.3. The Morgan fingerprint density at radius 3 is 1.09 bits per heavy atom. The van der Waals surface area contributed by atoms with Gasteiger partial charge in [0.2, 0.25) is 0 Å². The quantitative estimate of drug-likeness (QED) is 0.109. The first-order valence-corrected chi connectivity index (χ1v) is 20.4. The van der Waals surface area contributed by atoms with E-state index in [4.69, 9.17) is 9.47 Å². The van der Waals surface area contributed by atoms with E-state index in [2.05, 4.69) is 10.6 Å². The molecule has 2 N–H and O–H groups in total. The van der Waals surface area contributed by atoms with Crippen LogP contribution < -0.4 is 89.4 Å². The number of carbonyl (C=O) groups is 6. The van der Waals surface area contributed by atoms with Crippen LogP contribution in [0.3, 0.4) is 0 Å². The molecule has 18 heteroatoms. The number of rotatable bonds is 12. The second-order valence-electron chi connectivity index (χ2n) is 11.6. The molecule has 2 unspecified atom stereocenters. The van der Waals surface area contributed by atoms with Gasteiger partial charge in [-0.3, -0.25) is 29.8 Å². The molecule has 0 aliphatic carbocycles. The zero-order valence-corrected chi connectivity index (χ0v) is 40.5. The van der Waals surface area contributed by atoms with E-state index in [1.807, 2.05) is 24.3 Å². The summed E-state index contributed by atoms with van der Waals surface area (Å²) in [6, 6.07) is 28.7. The fraction of sp³-hybridized carbons (Fsp3) is 0.105. The number of nitrogens with one attached hydrogen (secondary N) is 2. The van der Waals surface area contributed by atoms with Gasteiger partial charge in [-0.2, -0.15) is 0 Å². The summed E-state index contributed by atoms with van der Waals surface area (Å²) in [6.45, 7) is 0. The van der Waals surface area contributed by atoms with Gasteiger partial charge in [-0.15, -0.1) is 0 Å². The van der Waals surface area contributed by atoms with E-state index in [1.54, 1.807) is 84.9 Å². The number of benzene rings is 4. The summed E-state index contributed by atoms with van der Waals surface area (Å²) in [5.41, 5.74) is 3.38. The average Bonchev–Trinajstić information content (AvgIpc) is 3.64. The Hall–Kier alpha value is -3.00. The molecular weight excluding hydrogens is 904 g/mol. The summed E-state index contributed by atoms with van der Waals surface area (Å²) in [7, 11) is 0. The van der Waals surface area contributed by atoms with E-state index in [1.165, 1.54) is 0 Å². The fourth-order valence-electron chi connectivity index (χ4n) is 4.74. The van der Waals surface area contributed by atoms with Crippen LogP contribution in [0.5, 0.6) is 23.0 Å². The molecule has 2 fully saturated rings. The molecule has 4 aromatic carbocycles. The first-order chi connectivity index (χ1) is 25.8. The van der Waals surface area contributed by atoms with E-state index >= 15 is 0 Å². The van der Waals surface area contributed by atoms with Crippen LogP contribution in [0.25, 0.3) is 12.2 Å². The Labute approximate surface area is 392 Å². The number of carbonyl (C=O) groups excluding carboxylic acids is 6. The molecule has 2 saturated heterocycles. The third-order valence-electron chi connectivity index (χ3n) is 7.47. The van der Waals surface area contributed by atoms with Crippen LogP contribution in [0.1, 0.15) is 22.3 Å². The van der Waals surface area contributed by atoms with Crippen molar-refractivity contribution < 1.29 is 108 Å². The average molecular weight is 935 g/mol. The summed E-state index contributed by atoms with van der Waals surface area (Å²) in [4.78, 5) is 67.8. The van der Waals surface area contributed by atoms with Crippen LogP contribution in [0.2, 0.25) is 9.41 Å². The minimum atomic E-state index is -1.04. The second-order valence-corrected chi connectivity index (χ2v) is 17.0. The molecule has 0 radical (unpaired) electrons. The van der Waals surface area contributed by atoms with Crippen molar-refractivity contribution in [3.05, 3.63) is 129 Å². The van der Waals surface area contributed by atoms with Gasteiger partial charge < -0.3 is 0 Å². The SMILES string of the molecule is O=C1NC(=O)/C(=C\c2ccc(Oc3ccc(C[C@H]([AsH2])C(=O)[O-])cc3)cc2)S1.O=C1NC(=O)/C(=C\c2ccc(Oc3ccc(C[C@H]([AsH2])C(=O)[O-])cc3)cc2)S1.[Na+].[Na+]. The van der Waals surface area contributed by atoms with Crippen molar-refractivity contribution in [2.24, 2.45) is 0 Å². The number of amides is 4. The Balaban J connectivity index is 0.000000290.